The SMILES string of the molecule is O=C1c2ccccc2OC[C@]12C1C=CC(C1)[C@@H]2c1ccccc1. The summed E-state index contributed by atoms with van der Waals surface area (Å²) in [6.07, 6.45) is 5.62. The molecule has 3 aliphatic rings. The van der Waals surface area contributed by atoms with E-state index < -0.39 is 5.41 Å². The van der Waals surface area contributed by atoms with Crippen LogP contribution in [0.2, 0.25) is 0 Å². The lowest BCUT2D eigenvalue weighted by molar-refractivity contribution is 0.0461. The summed E-state index contributed by atoms with van der Waals surface area (Å²) >= 11 is 0. The van der Waals surface area contributed by atoms with Crippen molar-refractivity contribution in [1.29, 1.82) is 0 Å². The molecule has 0 saturated heterocycles. The molecule has 0 N–H and O–H groups in total. The van der Waals surface area contributed by atoms with E-state index in [1.165, 1.54) is 5.56 Å². The molecule has 0 amide bonds. The van der Waals surface area contributed by atoms with E-state index in [4.69, 9.17) is 4.74 Å². The second kappa shape index (κ2) is 4.58. The number of rotatable bonds is 1. The molecule has 2 heteroatoms. The molecular weight excluding hydrogens is 284 g/mol. The molecule has 23 heavy (non-hydrogen) atoms. The third kappa shape index (κ3) is 1.61. The highest BCUT2D eigenvalue weighted by molar-refractivity contribution is 6.05. The average molecular weight is 302 g/mol. The summed E-state index contributed by atoms with van der Waals surface area (Å²) in [5, 5.41) is 0. The lowest BCUT2D eigenvalue weighted by Crippen LogP contribution is -2.48. The maximum Gasteiger partial charge on any atom is 0.177 e. The Kier molecular flexibility index (Phi) is 2.61. The van der Waals surface area contributed by atoms with E-state index in [-0.39, 0.29) is 11.7 Å². The van der Waals surface area contributed by atoms with Crippen molar-refractivity contribution in [3.05, 3.63) is 77.9 Å². The van der Waals surface area contributed by atoms with Crippen molar-refractivity contribution >= 4 is 5.78 Å². The van der Waals surface area contributed by atoms with E-state index in [0.29, 0.717) is 18.4 Å². The lowest BCUT2D eigenvalue weighted by atomic mass is 9.62. The van der Waals surface area contributed by atoms with Gasteiger partial charge in [0, 0.05) is 5.92 Å². The van der Waals surface area contributed by atoms with Gasteiger partial charge in [0.2, 0.25) is 0 Å². The van der Waals surface area contributed by atoms with E-state index in [1.54, 1.807) is 0 Å². The van der Waals surface area contributed by atoms with Crippen LogP contribution < -0.4 is 4.74 Å². The molecular formula is C21H18O2. The topological polar surface area (TPSA) is 26.3 Å². The lowest BCUT2D eigenvalue weighted by Gasteiger charge is -2.43. The molecule has 1 heterocycles. The second-order valence-electron chi connectivity index (χ2n) is 6.93. The summed E-state index contributed by atoms with van der Waals surface area (Å²) in [5.74, 6) is 1.96. The monoisotopic (exact) mass is 302 g/mol. The van der Waals surface area contributed by atoms with E-state index in [1.807, 2.05) is 30.3 Å². The molecule has 2 aromatic carbocycles. The quantitative estimate of drug-likeness (QED) is 0.737. The zero-order valence-corrected chi connectivity index (χ0v) is 12.8. The fourth-order valence-electron chi connectivity index (χ4n) is 4.97. The Morgan fingerprint density at radius 2 is 1.74 bits per heavy atom. The molecule has 5 rings (SSSR count). The van der Waals surface area contributed by atoms with Crippen molar-refractivity contribution in [3.63, 3.8) is 0 Å². The molecule has 0 radical (unpaired) electrons. The van der Waals surface area contributed by atoms with Crippen LogP contribution in [-0.2, 0) is 0 Å². The molecule has 2 aromatic rings. The van der Waals surface area contributed by atoms with Crippen LogP contribution in [0.3, 0.4) is 0 Å². The third-order valence-corrected chi connectivity index (χ3v) is 5.94. The minimum atomic E-state index is -0.435. The van der Waals surface area contributed by atoms with Gasteiger partial charge in [-0.05, 0) is 36.0 Å². The molecule has 1 spiro atoms. The third-order valence-electron chi connectivity index (χ3n) is 5.94. The molecule has 2 nitrogen and oxygen atoms in total. The van der Waals surface area contributed by atoms with Crippen LogP contribution >= 0.6 is 0 Å². The van der Waals surface area contributed by atoms with Crippen molar-refractivity contribution in [2.75, 3.05) is 6.61 Å². The second-order valence-corrected chi connectivity index (χ2v) is 6.93. The van der Waals surface area contributed by atoms with E-state index >= 15 is 0 Å². The van der Waals surface area contributed by atoms with Gasteiger partial charge in [-0.3, -0.25) is 4.79 Å². The van der Waals surface area contributed by atoms with Crippen LogP contribution in [-0.4, -0.2) is 12.4 Å². The van der Waals surface area contributed by atoms with Crippen LogP contribution in [0.5, 0.6) is 5.75 Å². The van der Waals surface area contributed by atoms with Gasteiger partial charge in [-0.2, -0.15) is 0 Å². The minimum Gasteiger partial charge on any atom is -0.492 e. The smallest absolute Gasteiger partial charge is 0.177 e. The highest BCUT2D eigenvalue weighted by atomic mass is 16.5. The van der Waals surface area contributed by atoms with Gasteiger partial charge in [-0.15, -0.1) is 0 Å². The van der Waals surface area contributed by atoms with Crippen molar-refractivity contribution < 1.29 is 9.53 Å². The first-order valence-electron chi connectivity index (χ1n) is 8.30. The van der Waals surface area contributed by atoms with E-state index in [9.17, 15) is 4.79 Å². The van der Waals surface area contributed by atoms with Crippen molar-refractivity contribution in [3.8, 4) is 5.75 Å². The molecule has 2 bridgehead atoms. The number of para-hydroxylation sites is 1. The van der Waals surface area contributed by atoms with Crippen LogP contribution in [0.4, 0.5) is 0 Å². The number of Topliss-reactive ketones (excluding diaryl/α,β-unsaturated/α-hetero) is 1. The number of benzene rings is 2. The standard InChI is InChI=1S/C21H18O2/c22-20-17-8-4-5-9-18(17)23-13-21(20)16-11-10-15(12-16)19(21)14-6-2-1-3-7-14/h1-11,15-16,19H,12-13H2/t15?,16?,19-,21+/m0/s1. The van der Waals surface area contributed by atoms with Crippen molar-refractivity contribution in [2.24, 2.45) is 17.3 Å². The molecule has 2 unspecified atom stereocenters. The largest absolute Gasteiger partial charge is 0.492 e. The zero-order valence-electron chi connectivity index (χ0n) is 12.8. The first-order chi connectivity index (χ1) is 11.3. The summed E-state index contributed by atoms with van der Waals surface area (Å²) in [6.45, 7) is 0.494. The summed E-state index contributed by atoms with van der Waals surface area (Å²) in [4.78, 5) is 13.5. The summed E-state index contributed by atoms with van der Waals surface area (Å²) in [5.41, 5.74) is 1.58. The molecule has 0 aromatic heterocycles. The highest BCUT2D eigenvalue weighted by Gasteiger charge is 2.62. The van der Waals surface area contributed by atoms with Gasteiger partial charge in [-0.1, -0.05) is 54.6 Å². The zero-order chi connectivity index (χ0) is 15.4. The number of hydrogen-bond donors (Lipinski definition) is 0. The normalized spacial score (nSPS) is 33.7. The van der Waals surface area contributed by atoms with Gasteiger partial charge in [0.05, 0.1) is 11.0 Å². The fourth-order valence-corrected chi connectivity index (χ4v) is 4.97. The maximum atomic E-state index is 13.5. The summed E-state index contributed by atoms with van der Waals surface area (Å²) in [7, 11) is 0. The average Bonchev–Trinajstić information content (AvgIpc) is 3.20. The predicted molar refractivity (Wildman–Crippen MR) is 88.6 cm³/mol. The number of carbonyl (C=O) groups is 1. The van der Waals surface area contributed by atoms with Crippen molar-refractivity contribution in [1.82, 2.24) is 0 Å². The maximum absolute atomic E-state index is 13.5. The molecule has 2 aliphatic carbocycles. The fraction of sp³-hybridized carbons (Fsp3) is 0.286. The number of carbonyl (C=O) groups excluding carboxylic acids is 1. The first-order valence-corrected chi connectivity index (χ1v) is 8.30. The number of hydrogen-bond acceptors (Lipinski definition) is 2. The Morgan fingerprint density at radius 1 is 0.957 bits per heavy atom. The van der Waals surface area contributed by atoms with Crippen LogP contribution in [0.1, 0.15) is 28.3 Å². The number of fused-ring (bicyclic) bond motifs is 4. The number of ether oxygens (including phenoxy) is 1. The summed E-state index contributed by atoms with van der Waals surface area (Å²) < 4.78 is 6.08. The van der Waals surface area contributed by atoms with E-state index in [0.717, 1.165) is 17.7 Å². The molecule has 4 atom stereocenters. The van der Waals surface area contributed by atoms with Crippen LogP contribution in [0.15, 0.2) is 66.7 Å². The molecule has 1 saturated carbocycles. The molecule has 114 valence electrons. The van der Waals surface area contributed by atoms with Gasteiger partial charge >= 0.3 is 0 Å². The Morgan fingerprint density at radius 3 is 2.61 bits per heavy atom. The van der Waals surface area contributed by atoms with Gasteiger partial charge in [0.15, 0.2) is 5.78 Å². The molecule has 1 aliphatic heterocycles. The Hall–Kier alpha value is -2.35. The van der Waals surface area contributed by atoms with Gasteiger partial charge in [-0.25, -0.2) is 0 Å². The van der Waals surface area contributed by atoms with E-state index in [2.05, 4.69) is 36.4 Å². The number of allylic oxidation sites excluding steroid dienone is 2. The Bertz CT molecular complexity index is 808. The predicted octanol–water partition coefficient (Wildman–Crippen LogP) is 4.24. The summed E-state index contributed by atoms with van der Waals surface area (Å²) in [6, 6.07) is 18.2. The van der Waals surface area contributed by atoms with Crippen LogP contribution in [0, 0.1) is 17.3 Å². The van der Waals surface area contributed by atoms with Gasteiger partial charge < -0.3 is 4.74 Å². The number of ketones is 1. The van der Waals surface area contributed by atoms with Crippen LogP contribution in [0.25, 0.3) is 0 Å². The molecule has 1 fully saturated rings. The highest BCUT2D eigenvalue weighted by Crippen LogP contribution is 2.63. The Balaban J connectivity index is 1.69. The van der Waals surface area contributed by atoms with Crippen molar-refractivity contribution in [2.45, 2.75) is 12.3 Å². The Labute approximate surface area is 135 Å². The van der Waals surface area contributed by atoms with Gasteiger partial charge in [0.1, 0.15) is 12.4 Å². The first kappa shape index (κ1) is 13.1. The van der Waals surface area contributed by atoms with Gasteiger partial charge in [0.25, 0.3) is 0 Å². The minimum absolute atomic E-state index is 0.222.